The SMILES string of the molecule is NNc1cc(C(=O)Nc2c(F)cc(Br)cc2F)cc(Cl)n1. The molecule has 2 aromatic rings. The Bertz CT molecular complexity index is 691. The number of benzene rings is 1. The number of carbonyl (C=O) groups is 1. The molecule has 5 nitrogen and oxygen atoms in total. The van der Waals surface area contributed by atoms with Gasteiger partial charge in [-0.3, -0.25) is 4.79 Å². The second kappa shape index (κ2) is 6.33. The van der Waals surface area contributed by atoms with Crippen LogP contribution in [0.5, 0.6) is 0 Å². The maximum Gasteiger partial charge on any atom is 0.256 e. The van der Waals surface area contributed by atoms with Crippen molar-refractivity contribution in [2.45, 2.75) is 0 Å². The predicted molar refractivity (Wildman–Crippen MR) is 79.1 cm³/mol. The molecule has 1 aromatic heterocycles. The highest BCUT2D eigenvalue weighted by Gasteiger charge is 2.16. The predicted octanol–water partition coefficient (Wildman–Crippen LogP) is 3.31. The number of nitrogen functional groups attached to an aromatic ring is 1. The Kier molecular flexibility index (Phi) is 4.71. The maximum atomic E-state index is 13.7. The molecular weight excluding hydrogens is 370 g/mol. The van der Waals surface area contributed by atoms with Crippen molar-refractivity contribution in [1.82, 2.24) is 4.98 Å². The van der Waals surface area contributed by atoms with Gasteiger partial charge in [0.15, 0.2) is 11.6 Å². The minimum Gasteiger partial charge on any atom is -0.317 e. The first-order valence-corrected chi connectivity index (χ1v) is 6.68. The normalized spacial score (nSPS) is 10.3. The third kappa shape index (κ3) is 3.66. The van der Waals surface area contributed by atoms with Gasteiger partial charge in [0.2, 0.25) is 0 Å². The van der Waals surface area contributed by atoms with E-state index in [0.29, 0.717) is 0 Å². The Hall–Kier alpha value is -1.77. The molecule has 0 aliphatic carbocycles. The van der Waals surface area contributed by atoms with Crippen molar-refractivity contribution >= 4 is 44.9 Å². The summed E-state index contributed by atoms with van der Waals surface area (Å²) in [5, 5.41) is 2.14. The van der Waals surface area contributed by atoms with Crippen molar-refractivity contribution in [2.24, 2.45) is 5.84 Å². The lowest BCUT2D eigenvalue weighted by Crippen LogP contribution is -2.16. The first-order valence-electron chi connectivity index (χ1n) is 5.51. The van der Waals surface area contributed by atoms with Gasteiger partial charge in [0.05, 0.1) is 0 Å². The van der Waals surface area contributed by atoms with Gasteiger partial charge in [-0.2, -0.15) is 0 Å². The van der Waals surface area contributed by atoms with Crippen LogP contribution in [0.3, 0.4) is 0 Å². The number of nitrogens with two attached hydrogens (primary N) is 1. The molecule has 1 heterocycles. The van der Waals surface area contributed by atoms with Crippen molar-refractivity contribution in [3.8, 4) is 0 Å². The summed E-state index contributed by atoms with van der Waals surface area (Å²) >= 11 is 8.66. The molecule has 110 valence electrons. The zero-order chi connectivity index (χ0) is 15.6. The Balaban J connectivity index is 2.32. The zero-order valence-electron chi connectivity index (χ0n) is 10.3. The summed E-state index contributed by atoms with van der Waals surface area (Å²) in [5.74, 6) is 2.75. The fourth-order valence-electron chi connectivity index (χ4n) is 1.55. The Morgan fingerprint density at radius 3 is 2.43 bits per heavy atom. The van der Waals surface area contributed by atoms with Gasteiger partial charge in [-0.05, 0) is 24.3 Å². The topological polar surface area (TPSA) is 80.0 Å². The monoisotopic (exact) mass is 376 g/mol. The number of aromatic nitrogens is 1. The lowest BCUT2D eigenvalue weighted by molar-refractivity contribution is 0.102. The van der Waals surface area contributed by atoms with Crippen molar-refractivity contribution in [3.63, 3.8) is 0 Å². The number of rotatable bonds is 3. The molecule has 0 fully saturated rings. The lowest BCUT2D eigenvalue weighted by atomic mass is 10.2. The van der Waals surface area contributed by atoms with Crippen LogP contribution in [0.2, 0.25) is 5.15 Å². The molecule has 1 amide bonds. The number of hydrazine groups is 1. The third-order valence-electron chi connectivity index (χ3n) is 2.45. The number of anilines is 2. The summed E-state index contributed by atoms with van der Waals surface area (Å²) in [6.45, 7) is 0. The van der Waals surface area contributed by atoms with Crippen LogP contribution >= 0.6 is 27.5 Å². The van der Waals surface area contributed by atoms with E-state index in [1.54, 1.807) is 0 Å². The first-order chi connectivity index (χ1) is 9.90. The molecule has 0 atom stereocenters. The fourth-order valence-corrected chi connectivity index (χ4v) is 2.16. The largest absolute Gasteiger partial charge is 0.317 e. The summed E-state index contributed by atoms with van der Waals surface area (Å²) in [4.78, 5) is 15.8. The number of hydrogen-bond donors (Lipinski definition) is 3. The minimum atomic E-state index is -0.910. The molecule has 2 rings (SSSR count). The maximum absolute atomic E-state index is 13.7. The molecular formula is C12H8BrClF2N4O. The van der Waals surface area contributed by atoms with E-state index in [9.17, 15) is 13.6 Å². The van der Waals surface area contributed by atoms with Crippen LogP contribution < -0.4 is 16.6 Å². The molecule has 0 unspecified atom stereocenters. The average molecular weight is 378 g/mol. The Morgan fingerprint density at radius 2 is 1.86 bits per heavy atom. The summed E-state index contributed by atoms with van der Waals surface area (Å²) in [6.07, 6.45) is 0. The highest BCUT2D eigenvalue weighted by Crippen LogP contribution is 2.24. The number of amides is 1. The van der Waals surface area contributed by atoms with Crippen LogP contribution in [0.4, 0.5) is 20.3 Å². The third-order valence-corrected chi connectivity index (χ3v) is 3.10. The minimum absolute atomic E-state index is 0.00681. The van der Waals surface area contributed by atoms with Crippen LogP contribution in [0.15, 0.2) is 28.7 Å². The van der Waals surface area contributed by atoms with E-state index in [1.807, 2.05) is 0 Å². The molecule has 1 aromatic carbocycles. The molecule has 4 N–H and O–H groups in total. The molecule has 0 bridgehead atoms. The molecule has 0 aliphatic heterocycles. The van der Waals surface area contributed by atoms with Crippen LogP contribution in [0.25, 0.3) is 0 Å². The molecule has 0 aliphatic rings. The second-order valence-corrected chi connectivity index (χ2v) is 5.21. The highest BCUT2D eigenvalue weighted by molar-refractivity contribution is 9.10. The number of nitrogens with zero attached hydrogens (tertiary/aromatic N) is 1. The molecule has 0 saturated heterocycles. The van der Waals surface area contributed by atoms with Crippen LogP contribution in [-0.4, -0.2) is 10.9 Å². The van der Waals surface area contributed by atoms with E-state index in [4.69, 9.17) is 17.4 Å². The van der Waals surface area contributed by atoms with Crippen LogP contribution in [0, 0.1) is 11.6 Å². The molecule has 21 heavy (non-hydrogen) atoms. The standard InChI is InChI=1S/C12H8BrClF2N4O/c13-6-3-7(15)11(8(16)4-6)19-12(21)5-1-9(14)18-10(2-5)20-17/h1-4H,17H2,(H,18,20)(H,19,21). The van der Waals surface area contributed by atoms with Gasteiger partial charge < -0.3 is 10.7 Å². The van der Waals surface area contributed by atoms with E-state index < -0.39 is 23.2 Å². The average Bonchev–Trinajstić information content (AvgIpc) is 2.41. The van der Waals surface area contributed by atoms with Gasteiger partial charge in [-0.25, -0.2) is 19.6 Å². The number of carbonyl (C=O) groups excluding carboxylic acids is 1. The van der Waals surface area contributed by atoms with Crippen molar-refractivity contribution in [2.75, 3.05) is 10.7 Å². The molecule has 0 saturated carbocycles. The smallest absolute Gasteiger partial charge is 0.256 e. The van der Waals surface area contributed by atoms with Gasteiger partial charge in [-0.1, -0.05) is 27.5 Å². The number of hydrogen-bond acceptors (Lipinski definition) is 4. The van der Waals surface area contributed by atoms with Gasteiger partial charge in [0.1, 0.15) is 16.7 Å². The van der Waals surface area contributed by atoms with Crippen molar-refractivity contribution in [3.05, 3.63) is 51.1 Å². The fraction of sp³-hybridized carbons (Fsp3) is 0. The Morgan fingerprint density at radius 1 is 1.24 bits per heavy atom. The highest BCUT2D eigenvalue weighted by atomic mass is 79.9. The summed E-state index contributed by atoms with van der Waals surface area (Å²) in [5.41, 5.74) is 1.72. The van der Waals surface area contributed by atoms with Crippen LogP contribution in [0.1, 0.15) is 10.4 Å². The Labute approximate surface area is 131 Å². The van der Waals surface area contributed by atoms with E-state index in [2.05, 4.69) is 31.7 Å². The van der Waals surface area contributed by atoms with Crippen LogP contribution in [-0.2, 0) is 0 Å². The lowest BCUT2D eigenvalue weighted by Gasteiger charge is -2.09. The summed E-state index contributed by atoms with van der Waals surface area (Å²) in [6, 6.07) is 4.60. The van der Waals surface area contributed by atoms with E-state index >= 15 is 0 Å². The van der Waals surface area contributed by atoms with Gasteiger partial charge >= 0.3 is 0 Å². The summed E-state index contributed by atoms with van der Waals surface area (Å²) in [7, 11) is 0. The van der Waals surface area contributed by atoms with Crippen molar-refractivity contribution in [1.29, 1.82) is 0 Å². The van der Waals surface area contributed by atoms with Gasteiger partial charge in [-0.15, -0.1) is 0 Å². The van der Waals surface area contributed by atoms with Gasteiger partial charge in [0.25, 0.3) is 5.91 Å². The quantitative estimate of drug-likeness (QED) is 0.435. The van der Waals surface area contributed by atoms with E-state index in [1.165, 1.54) is 12.1 Å². The van der Waals surface area contributed by atoms with E-state index in [0.717, 1.165) is 12.1 Å². The summed E-state index contributed by atoms with van der Waals surface area (Å²) < 4.78 is 27.5. The molecule has 0 spiro atoms. The number of nitrogens with one attached hydrogen (secondary N) is 2. The molecule has 9 heteroatoms. The number of halogens is 4. The van der Waals surface area contributed by atoms with Crippen molar-refractivity contribution < 1.29 is 13.6 Å². The van der Waals surface area contributed by atoms with Gasteiger partial charge in [0, 0.05) is 10.0 Å². The van der Waals surface area contributed by atoms with E-state index in [-0.39, 0.29) is 21.0 Å². The zero-order valence-corrected chi connectivity index (χ0v) is 12.6. The molecule has 0 radical (unpaired) electrons. The second-order valence-electron chi connectivity index (χ2n) is 3.91. The number of pyridine rings is 1. The first kappa shape index (κ1) is 15.6.